The van der Waals surface area contributed by atoms with Gasteiger partial charge in [-0.25, -0.2) is 12.9 Å². The number of halogens is 1. The fourth-order valence-corrected chi connectivity index (χ4v) is 4.63. The van der Waals surface area contributed by atoms with E-state index in [2.05, 4.69) is 11.1 Å². The van der Waals surface area contributed by atoms with Crippen molar-refractivity contribution in [2.45, 2.75) is 31.5 Å². The minimum atomic E-state index is -2.83. The summed E-state index contributed by atoms with van der Waals surface area (Å²) in [5.41, 5.74) is 4.28. The zero-order chi connectivity index (χ0) is 22.9. The number of carbonyl (C=O) groups is 1. The molecule has 2 fully saturated rings. The molecule has 166 valence electrons. The highest BCUT2D eigenvalue weighted by Crippen LogP contribution is 2.41. The molecule has 1 saturated carbocycles. The Morgan fingerprint density at radius 3 is 2.74 bits per heavy atom. The lowest BCUT2D eigenvalue weighted by molar-refractivity contribution is -0.128. The highest BCUT2D eigenvalue weighted by molar-refractivity contribution is 7.85. The van der Waals surface area contributed by atoms with Crippen LogP contribution in [0.5, 0.6) is 5.75 Å². The van der Waals surface area contributed by atoms with Gasteiger partial charge in [-0.15, -0.1) is 0 Å². The standard InChI is InChI=1S/C17H19FN5O6PS/c1-10(29-30(26)27)23-14(25)8-22(31(23)28)16-13(24)3-2-12(15(16)18)11(6-19)7-21-17(9-20)4-5-17/h2-3,6-7,10,24,26-27H,4-5,8,19H2,1H3/b11-6+,21-7?. The lowest BCUT2D eigenvalue weighted by Crippen LogP contribution is -2.37. The number of benzene rings is 1. The van der Waals surface area contributed by atoms with Crippen LogP contribution in [-0.2, 0) is 20.5 Å². The fraction of sp³-hybridized carbons (Fsp3) is 0.353. The Balaban J connectivity index is 1.95. The maximum Gasteiger partial charge on any atom is 0.329 e. The van der Waals surface area contributed by atoms with Gasteiger partial charge in [-0.1, -0.05) is 0 Å². The Labute approximate surface area is 180 Å². The molecular formula is C17H19FN5O6PS. The number of hydrogen-bond acceptors (Lipinski definition) is 9. The molecule has 2 aliphatic rings. The molecule has 3 rings (SSSR count). The Kier molecular flexibility index (Phi) is 6.59. The summed E-state index contributed by atoms with van der Waals surface area (Å²) >= 11 is -2.33. The molecule has 2 atom stereocenters. The van der Waals surface area contributed by atoms with Crippen LogP contribution in [0.25, 0.3) is 5.57 Å². The van der Waals surface area contributed by atoms with Crippen LogP contribution in [0.2, 0.25) is 0 Å². The number of rotatable bonds is 7. The first-order valence-corrected chi connectivity index (χ1v) is 11.1. The summed E-state index contributed by atoms with van der Waals surface area (Å²) in [5, 5.41) is 19.4. The van der Waals surface area contributed by atoms with E-state index in [0.29, 0.717) is 17.1 Å². The summed E-state index contributed by atoms with van der Waals surface area (Å²) in [6.07, 6.45) is 2.22. The van der Waals surface area contributed by atoms with Gasteiger partial charge < -0.3 is 20.6 Å². The molecule has 1 aliphatic heterocycles. The molecule has 1 saturated heterocycles. The number of phenols is 1. The predicted molar refractivity (Wildman–Crippen MR) is 111 cm³/mol. The van der Waals surface area contributed by atoms with Gasteiger partial charge in [-0.05, 0) is 31.9 Å². The van der Waals surface area contributed by atoms with Gasteiger partial charge in [-0.3, -0.25) is 18.6 Å². The predicted octanol–water partition coefficient (Wildman–Crippen LogP) is 0.759. The number of aliphatic imine (C=N–C) groups is 1. The number of amides is 1. The molecule has 1 aromatic rings. The summed E-state index contributed by atoms with van der Waals surface area (Å²) in [7, 11) is -2.83. The zero-order valence-corrected chi connectivity index (χ0v) is 17.9. The monoisotopic (exact) mass is 471 g/mol. The molecular weight excluding hydrogens is 452 g/mol. The second-order valence-corrected chi connectivity index (χ2v) is 8.77. The first-order chi connectivity index (χ1) is 14.6. The number of phenolic OH excluding ortho intramolecular Hbond substituents is 1. The Bertz CT molecular complexity index is 1020. The number of carbonyl (C=O) groups excluding carboxylic acids is 1. The van der Waals surface area contributed by atoms with Crippen LogP contribution in [-0.4, -0.2) is 53.8 Å². The zero-order valence-electron chi connectivity index (χ0n) is 16.2. The van der Waals surface area contributed by atoms with Crippen LogP contribution in [0.3, 0.4) is 0 Å². The number of hydrogen-bond donors (Lipinski definition) is 4. The molecule has 1 aliphatic carbocycles. The molecule has 1 heterocycles. The molecule has 0 bridgehead atoms. The maximum atomic E-state index is 15.4. The molecule has 14 heteroatoms. The Morgan fingerprint density at radius 1 is 1.52 bits per heavy atom. The molecule has 11 nitrogen and oxygen atoms in total. The lowest BCUT2D eigenvalue weighted by Gasteiger charge is -2.24. The van der Waals surface area contributed by atoms with E-state index < -0.39 is 61.2 Å². The molecule has 5 N–H and O–H groups in total. The third kappa shape index (κ3) is 4.53. The molecule has 0 radical (unpaired) electrons. The van der Waals surface area contributed by atoms with Crippen molar-refractivity contribution in [3.05, 3.63) is 29.7 Å². The topological polar surface area (TPSA) is 173 Å². The average molecular weight is 471 g/mol. The minimum absolute atomic E-state index is 0.0887. The third-order valence-corrected chi connectivity index (χ3v) is 6.70. The summed E-state index contributed by atoms with van der Waals surface area (Å²) < 4.78 is 34.4. The van der Waals surface area contributed by atoms with Crippen molar-refractivity contribution in [3.63, 3.8) is 0 Å². The number of nitrogens with two attached hydrogens (primary N) is 1. The highest BCUT2D eigenvalue weighted by atomic mass is 32.2. The van der Waals surface area contributed by atoms with E-state index in [0.717, 1.165) is 16.6 Å². The van der Waals surface area contributed by atoms with E-state index in [9.17, 15) is 14.1 Å². The lowest BCUT2D eigenvalue weighted by atomic mass is 10.1. The largest absolute Gasteiger partial charge is 0.506 e. The van der Waals surface area contributed by atoms with Crippen molar-refractivity contribution in [1.29, 1.82) is 5.26 Å². The van der Waals surface area contributed by atoms with Crippen molar-refractivity contribution in [2.75, 3.05) is 10.8 Å². The Hall–Kier alpha value is -2.62. The van der Waals surface area contributed by atoms with E-state index in [1.165, 1.54) is 19.2 Å². The van der Waals surface area contributed by atoms with Crippen molar-refractivity contribution in [2.24, 2.45) is 10.7 Å². The van der Waals surface area contributed by atoms with Crippen LogP contribution in [0.4, 0.5) is 10.1 Å². The number of anilines is 1. The van der Waals surface area contributed by atoms with E-state index in [4.69, 9.17) is 25.3 Å². The third-order valence-electron chi connectivity index (χ3n) is 4.68. The quantitative estimate of drug-likeness (QED) is 0.333. The summed E-state index contributed by atoms with van der Waals surface area (Å²) in [6.45, 7) is 0.707. The van der Waals surface area contributed by atoms with Crippen LogP contribution in [0.15, 0.2) is 23.3 Å². The van der Waals surface area contributed by atoms with Crippen molar-refractivity contribution in [3.8, 4) is 11.8 Å². The van der Waals surface area contributed by atoms with Gasteiger partial charge in [0.1, 0.15) is 23.5 Å². The number of nitrogens with zero attached hydrogens (tertiary/aromatic N) is 4. The van der Waals surface area contributed by atoms with Crippen LogP contribution < -0.4 is 10.0 Å². The van der Waals surface area contributed by atoms with E-state index in [-0.39, 0.29) is 11.1 Å². The smallest absolute Gasteiger partial charge is 0.329 e. The number of aromatic hydroxyl groups is 1. The molecule has 1 aromatic carbocycles. The van der Waals surface area contributed by atoms with Gasteiger partial charge in [0.2, 0.25) is 11.2 Å². The fourth-order valence-electron chi connectivity index (χ4n) is 2.91. The van der Waals surface area contributed by atoms with Crippen LogP contribution >= 0.6 is 8.60 Å². The van der Waals surface area contributed by atoms with Gasteiger partial charge in [0.05, 0.1) is 6.07 Å². The second kappa shape index (κ2) is 8.86. The van der Waals surface area contributed by atoms with Gasteiger partial charge in [0, 0.05) is 23.6 Å². The van der Waals surface area contributed by atoms with Gasteiger partial charge in [-0.2, -0.15) is 5.26 Å². The second-order valence-electron chi connectivity index (χ2n) is 6.76. The molecule has 0 aromatic heterocycles. The van der Waals surface area contributed by atoms with Crippen molar-refractivity contribution < 1.29 is 32.8 Å². The van der Waals surface area contributed by atoms with Crippen LogP contribution in [0.1, 0.15) is 25.3 Å². The minimum Gasteiger partial charge on any atom is -0.506 e. The maximum absolute atomic E-state index is 15.4. The first-order valence-electron chi connectivity index (χ1n) is 8.90. The number of allylic oxidation sites excluding steroid dienone is 1. The van der Waals surface area contributed by atoms with Gasteiger partial charge >= 0.3 is 8.60 Å². The van der Waals surface area contributed by atoms with Crippen molar-refractivity contribution >= 4 is 43.2 Å². The summed E-state index contributed by atoms with van der Waals surface area (Å²) in [5.74, 6) is -2.32. The summed E-state index contributed by atoms with van der Waals surface area (Å²) in [6, 6.07) is 4.45. The molecule has 31 heavy (non-hydrogen) atoms. The molecule has 0 spiro atoms. The SMILES string of the molecule is CC(OP(O)O)N1C(=O)CN(c2c(O)ccc(/C(C=NC3(C#N)CC3)=C/N)c2F)S1=O. The van der Waals surface area contributed by atoms with Gasteiger partial charge in [0.15, 0.2) is 12.0 Å². The normalized spacial score (nSPS) is 21.7. The average Bonchev–Trinajstić information content (AvgIpc) is 3.42. The van der Waals surface area contributed by atoms with Crippen LogP contribution in [0, 0.1) is 17.1 Å². The van der Waals surface area contributed by atoms with E-state index in [1.807, 2.05) is 0 Å². The van der Waals surface area contributed by atoms with E-state index >= 15 is 4.39 Å². The summed E-state index contributed by atoms with van der Waals surface area (Å²) in [4.78, 5) is 34.4. The molecule has 1 amide bonds. The van der Waals surface area contributed by atoms with Gasteiger partial charge in [0.25, 0.3) is 5.91 Å². The number of nitriles is 1. The van der Waals surface area contributed by atoms with Crippen molar-refractivity contribution in [1.82, 2.24) is 4.31 Å². The first kappa shape index (κ1) is 23.1. The van der Waals surface area contributed by atoms with E-state index in [1.54, 1.807) is 0 Å². The molecule has 2 unspecified atom stereocenters. The Morgan fingerprint density at radius 2 is 2.19 bits per heavy atom. The highest BCUT2D eigenvalue weighted by Gasteiger charge is 2.43.